The van der Waals surface area contributed by atoms with Crippen molar-refractivity contribution in [2.45, 2.75) is 19.6 Å². The molecule has 5 aromatic rings. The fourth-order valence-corrected chi connectivity index (χ4v) is 4.52. The molecule has 0 unspecified atom stereocenters. The zero-order valence-electron chi connectivity index (χ0n) is 18.7. The molecule has 2 aromatic carbocycles. The summed E-state index contributed by atoms with van der Waals surface area (Å²) in [5, 5.41) is 5.56. The normalized spacial score (nSPS) is 11.8. The van der Waals surface area contributed by atoms with E-state index in [1.54, 1.807) is 31.2 Å². The highest BCUT2D eigenvalue weighted by Gasteiger charge is 2.32. The number of hydrogen-bond donors (Lipinski definition) is 0. The van der Waals surface area contributed by atoms with E-state index in [1.165, 1.54) is 15.1 Å². The van der Waals surface area contributed by atoms with Gasteiger partial charge in [0.1, 0.15) is 5.69 Å². The number of aryl methyl sites for hydroxylation is 1. The molecule has 0 atom stereocenters. The third-order valence-corrected chi connectivity index (χ3v) is 6.43. The molecule has 36 heavy (non-hydrogen) atoms. The summed E-state index contributed by atoms with van der Waals surface area (Å²) in [7, 11) is 0. The van der Waals surface area contributed by atoms with E-state index in [0.29, 0.717) is 26.9 Å². The number of pyridine rings is 2. The Morgan fingerprint density at radius 2 is 1.67 bits per heavy atom. The number of rotatable bonds is 4. The van der Waals surface area contributed by atoms with Gasteiger partial charge in [-0.2, -0.15) is 13.2 Å². The lowest BCUT2D eigenvalue weighted by Gasteiger charge is -2.16. The van der Waals surface area contributed by atoms with Crippen molar-refractivity contribution in [3.63, 3.8) is 0 Å². The van der Waals surface area contributed by atoms with Gasteiger partial charge in [-0.25, -0.2) is 13.9 Å². The van der Waals surface area contributed by atoms with E-state index in [9.17, 15) is 18.0 Å². The molecule has 0 bridgehead atoms. The number of halogens is 5. The molecule has 0 aliphatic carbocycles. The predicted molar refractivity (Wildman–Crippen MR) is 133 cm³/mol. The first-order chi connectivity index (χ1) is 17.1. The van der Waals surface area contributed by atoms with Crippen LogP contribution in [0.4, 0.5) is 13.2 Å². The summed E-state index contributed by atoms with van der Waals surface area (Å²) in [6, 6.07) is 18.6. The molecule has 182 valence electrons. The van der Waals surface area contributed by atoms with Crippen LogP contribution in [-0.4, -0.2) is 19.2 Å². The van der Waals surface area contributed by atoms with Gasteiger partial charge in [-0.3, -0.25) is 4.98 Å². The quantitative estimate of drug-likeness (QED) is 0.254. The SMILES string of the molecule is Cc1c(-c2ccccc2Cl)c(-c2ccc(Cl)cc2)cc2nn(Cc3ccc(C(F)(F)F)nc3)c(=O)n12. The largest absolute Gasteiger partial charge is 0.433 e. The molecular weight excluding hydrogens is 512 g/mol. The van der Waals surface area contributed by atoms with E-state index in [0.717, 1.165) is 34.5 Å². The number of aromatic nitrogens is 4. The lowest BCUT2D eigenvalue weighted by molar-refractivity contribution is -0.141. The highest BCUT2D eigenvalue weighted by atomic mass is 35.5. The molecule has 0 fully saturated rings. The number of fused-ring (bicyclic) bond motifs is 1. The minimum atomic E-state index is -4.54. The second-order valence-electron chi connectivity index (χ2n) is 8.19. The van der Waals surface area contributed by atoms with Gasteiger partial charge in [0.15, 0.2) is 5.65 Å². The molecule has 0 radical (unpaired) electrons. The first-order valence-electron chi connectivity index (χ1n) is 10.8. The lowest BCUT2D eigenvalue weighted by atomic mass is 9.93. The van der Waals surface area contributed by atoms with E-state index < -0.39 is 17.6 Å². The summed E-state index contributed by atoms with van der Waals surface area (Å²) >= 11 is 12.6. The van der Waals surface area contributed by atoms with Crippen molar-refractivity contribution in [1.82, 2.24) is 19.2 Å². The van der Waals surface area contributed by atoms with Crippen molar-refractivity contribution >= 4 is 28.8 Å². The third-order valence-electron chi connectivity index (χ3n) is 5.85. The van der Waals surface area contributed by atoms with Crippen molar-refractivity contribution in [1.29, 1.82) is 0 Å². The van der Waals surface area contributed by atoms with Crippen LogP contribution in [-0.2, 0) is 12.7 Å². The van der Waals surface area contributed by atoms with E-state index in [4.69, 9.17) is 23.2 Å². The molecular formula is C26H17Cl2F3N4O. The minimum absolute atomic E-state index is 0.0389. The summed E-state index contributed by atoms with van der Waals surface area (Å²) < 4.78 is 41.2. The molecule has 0 spiro atoms. The van der Waals surface area contributed by atoms with Gasteiger partial charge < -0.3 is 0 Å². The van der Waals surface area contributed by atoms with Gasteiger partial charge in [0.25, 0.3) is 0 Å². The van der Waals surface area contributed by atoms with Crippen molar-refractivity contribution in [2.24, 2.45) is 0 Å². The van der Waals surface area contributed by atoms with Crippen LogP contribution in [0.5, 0.6) is 0 Å². The van der Waals surface area contributed by atoms with Gasteiger partial charge in [0, 0.05) is 33.1 Å². The average molecular weight is 529 g/mol. The smallest absolute Gasteiger partial charge is 0.251 e. The minimum Gasteiger partial charge on any atom is -0.251 e. The first-order valence-corrected chi connectivity index (χ1v) is 11.6. The molecule has 0 saturated heterocycles. The van der Waals surface area contributed by atoms with Crippen molar-refractivity contribution < 1.29 is 13.2 Å². The molecule has 5 rings (SSSR count). The maximum atomic E-state index is 13.4. The van der Waals surface area contributed by atoms with Gasteiger partial charge in [0.2, 0.25) is 0 Å². The van der Waals surface area contributed by atoms with Crippen LogP contribution < -0.4 is 5.69 Å². The highest BCUT2D eigenvalue weighted by Crippen LogP contribution is 2.39. The van der Waals surface area contributed by atoms with Crippen molar-refractivity contribution in [3.8, 4) is 22.3 Å². The highest BCUT2D eigenvalue weighted by molar-refractivity contribution is 6.33. The van der Waals surface area contributed by atoms with Crippen LogP contribution in [0.3, 0.4) is 0 Å². The molecule has 10 heteroatoms. The van der Waals surface area contributed by atoms with Crippen LogP contribution in [0.15, 0.2) is 77.7 Å². The van der Waals surface area contributed by atoms with Crippen LogP contribution >= 0.6 is 23.2 Å². The van der Waals surface area contributed by atoms with E-state index in [1.807, 2.05) is 30.3 Å². The average Bonchev–Trinajstić information content (AvgIpc) is 3.15. The number of nitrogens with zero attached hydrogens (tertiary/aromatic N) is 4. The molecule has 0 amide bonds. The second kappa shape index (κ2) is 9.11. The van der Waals surface area contributed by atoms with Crippen LogP contribution in [0.25, 0.3) is 27.9 Å². The lowest BCUT2D eigenvalue weighted by Crippen LogP contribution is -2.23. The van der Waals surface area contributed by atoms with Gasteiger partial charge in [-0.05, 0) is 53.9 Å². The second-order valence-corrected chi connectivity index (χ2v) is 9.03. The van der Waals surface area contributed by atoms with Gasteiger partial charge in [-0.15, -0.1) is 5.10 Å². The summed E-state index contributed by atoms with van der Waals surface area (Å²) in [5.41, 5.74) is 3.15. The van der Waals surface area contributed by atoms with Crippen molar-refractivity contribution in [3.05, 3.63) is 110 Å². The van der Waals surface area contributed by atoms with Crippen LogP contribution in [0, 0.1) is 6.92 Å². The maximum Gasteiger partial charge on any atom is 0.433 e. The van der Waals surface area contributed by atoms with Gasteiger partial charge in [-0.1, -0.05) is 59.6 Å². The molecule has 3 heterocycles. The molecule has 3 aromatic heterocycles. The van der Waals surface area contributed by atoms with Gasteiger partial charge in [0.05, 0.1) is 6.54 Å². The third kappa shape index (κ3) is 4.38. The Balaban J connectivity index is 1.69. The molecule has 0 saturated carbocycles. The monoisotopic (exact) mass is 528 g/mol. The summed E-state index contributed by atoms with van der Waals surface area (Å²) in [6.45, 7) is 1.76. The summed E-state index contributed by atoms with van der Waals surface area (Å²) in [6.07, 6.45) is -3.44. The maximum absolute atomic E-state index is 13.4. The molecule has 0 aliphatic rings. The zero-order chi connectivity index (χ0) is 25.6. The van der Waals surface area contributed by atoms with E-state index >= 15 is 0 Å². The van der Waals surface area contributed by atoms with Gasteiger partial charge >= 0.3 is 11.9 Å². The Morgan fingerprint density at radius 3 is 2.31 bits per heavy atom. The molecule has 0 N–H and O–H groups in total. The van der Waals surface area contributed by atoms with Crippen LogP contribution in [0.1, 0.15) is 17.0 Å². The standard InChI is InChI=1S/C26H17Cl2F3N4O/c1-15-24(19-4-2-3-5-21(19)28)20(17-7-9-18(27)10-8-17)12-23-33-34(25(36)35(15)23)14-16-6-11-22(32-13-16)26(29,30)31/h2-13H,14H2,1H3. The van der Waals surface area contributed by atoms with E-state index in [-0.39, 0.29) is 6.54 Å². The number of hydrogen-bond acceptors (Lipinski definition) is 3. The number of benzene rings is 2. The fraction of sp³-hybridized carbons (Fsp3) is 0.115. The predicted octanol–water partition coefficient (Wildman–Crippen LogP) is 6.91. The topological polar surface area (TPSA) is 52.2 Å². The Kier molecular flexibility index (Phi) is 6.10. The van der Waals surface area contributed by atoms with E-state index in [2.05, 4.69) is 10.1 Å². The first kappa shape index (κ1) is 24.1. The zero-order valence-corrected chi connectivity index (χ0v) is 20.2. The fourth-order valence-electron chi connectivity index (χ4n) is 4.16. The summed E-state index contributed by atoms with van der Waals surface area (Å²) in [5.74, 6) is 0. The number of alkyl halides is 3. The Bertz CT molecular complexity index is 1640. The molecule has 0 aliphatic heterocycles. The Hall–Kier alpha value is -3.62. The Morgan fingerprint density at radius 1 is 0.944 bits per heavy atom. The van der Waals surface area contributed by atoms with Crippen molar-refractivity contribution in [2.75, 3.05) is 0 Å². The van der Waals surface area contributed by atoms with Crippen LogP contribution in [0.2, 0.25) is 10.0 Å². The Labute approximate surface area is 213 Å². The summed E-state index contributed by atoms with van der Waals surface area (Å²) in [4.78, 5) is 16.8. The molecule has 5 nitrogen and oxygen atoms in total.